The first-order valence-electron chi connectivity index (χ1n) is 24.5. The molecule has 7 aromatic rings. The third kappa shape index (κ3) is 7.78. The predicted molar refractivity (Wildman–Crippen MR) is 208 cm³/mol. The molecule has 0 saturated heterocycles. The third-order valence-electron chi connectivity index (χ3n) is 9.40. The van der Waals surface area contributed by atoms with Gasteiger partial charge in [0.2, 0.25) is 0 Å². The van der Waals surface area contributed by atoms with Gasteiger partial charge in [0.1, 0.15) is 5.58 Å². The molecule has 3 heterocycles. The van der Waals surface area contributed by atoms with Gasteiger partial charge < -0.3 is 14.4 Å². The average Bonchev–Trinajstić information content (AvgIpc) is 3.62. The molecule has 1 aliphatic carbocycles. The summed E-state index contributed by atoms with van der Waals surface area (Å²) < 4.78 is 133. The molecule has 0 unspecified atom stereocenters. The van der Waals surface area contributed by atoms with Gasteiger partial charge in [0.25, 0.3) is 0 Å². The van der Waals surface area contributed by atoms with Crippen LogP contribution in [0.15, 0.2) is 102 Å². The Morgan fingerprint density at radius 2 is 1.51 bits per heavy atom. The zero-order chi connectivity index (χ0) is 48.4. The Kier molecular flexibility index (Phi) is 6.28. The van der Waals surface area contributed by atoms with E-state index in [0.717, 1.165) is 12.8 Å². The molecule has 4 aromatic carbocycles. The maximum Gasteiger partial charge on any atom is 0.123 e. The Bertz CT molecular complexity index is 2830. The van der Waals surface area contributed by atoms with E-state index in [1.54, 1.807) is 54.6 Å². The third-order valence-corrected chi connectivity index (χ3v) is 9.40. The van der Waals surface area contributed by atoms with Crippen molar-refractivity contribution in [2.24, 2.45) is 5.41 Å². The van der Waals surface area contributed by atoms with Gasteiger partial charge in [-0.15, -0.1) is 53.6 Å². The van der Waals surface area contributed by atoms with Gasteiger partial charge in [-0.05, 0) is 115 Å². The van der Waals surface area contributed by atoms with Crippen molar-refractivity contribution in [1.82, 2.24) is 9.97 Å². The number of pyridine rings is 2. The largest absolute Gasteiger partial charge is 0.500 e. The first kappa shape index (κ1) is 21.2. The molecule has 1 aliphatic rings. The SMILES string of the molecule is [2H]C([2H])([2H])c1c[c-]c(-c2ccc(C([2H])([2H])[2H])cn2)cc1.[2H]C([2H])([2H])c1cnc(-c2[c-]ccc3c2oc2c(C([2H])([2H])[2H])cccc23)cc1-c1ccc(C2([2H])CCC(C)(C)CC2)cc1C([2H])([2H])[2H].[Ir]. The standard InChI is InChI=1S/C34H34NO.C13H12N.Ir/c1-21-8-6-9-27-28-10-7-11-29(33(28)36-32(21)27)31-19-30(23(3)20-35-31)26-13-12-25(18-22(26)2)24-14-16-34(4,5)17-15-24;1-10-3-6-12(7-4-10)13-8-5-11(2)9-14-13;/h6-10,12-13,18-20,24H,14-17H2,1-5H3;3-6,8-9H,1-2H3;/q2*-1;/i1D3,2D3,3D3,24D;1D3,2D3;. The van der Waals surface area contributed by atoms with Crippen molar-refractivity contribution in [1.29, 1.82) is 0 Å². The number of nitrogens with zero attached hydrogens (tertiary/aromatic N) is 2. The van der Waals surface area contributed by atoms with Gasteiger partial charge in [0.05, 0.1) is 5.58 Å². The smallest absolute Gasteiger partial charge is 0.123 e. The van der Waals surface area contributed by atoms with E-state index < -0.39 is 40.2 Å². The van der Waals surface area contributed by atoms with Crippen LogP contribution in [-0.2, 0) is 20.1 Å². The van der Waals surface area contributed by atoms with E-state index in [9.17, 15) is 1.37 Å². The van der Waals surface area contributed by atoms with Crippen molar-refractivity contribution in [2.75, 3.05) is 0 Å². The molecular formula is C47H46IrN2O-2. The van der Waals surface area contributed by atoms with E-state index >= 15 is 0 Å². The van der Waals surface area contributed by atoms with Gasteiger partial charge in [0, 0.05) is 59.8 Å². The van der Waals surface area contributed by atoms with E-state index in [1.165, 1.54) is 42.7 Å². The molecule has 8 rings (SSSR count). The van der Waals surface area contributed by atoms with Crippen molar-refractivity contribution in [2.45, 2.75) is 79.7 Å². The van der Waals surface area contributed by atoms with Gasteiger partial charge in [0.15, 0.2) is 0 Å². The molecule has 0 bridgehead atoms. The maximum absolute atomic E-state index is 9.25. The fraction of sp³-hybridized carbons (Fsp3) is 0.277. The van der Waals surface area contributed by atoms with Crippen LogP contribution in [0.5, 0.6) is 0 Å². The molecule has 51 heavy (non-hydrogen) atoms. The molecule has 4 heteroatoms. The van der Waals surface area contributed by atoms with Gasteiger partial charge >= 0.3 is 0 Å². The number of benzene rings is 4. The summed E-state index contributed by atoms with van der Waals surface area (Å²) in [5.41, 5.74) is 3.80. The summed E-state index contributed by atoms with van der Waals surface area (Å²) in [4.78, 5) is 8.54. The van der Waals surface area contributed by atoms with E-state index in [0.29, 0.717) is 51.6 Å². The second-order valence-electron chi connectivity index (χ2n) is 13.4. The zero-order valence-electron chi connectivity index (χ0n) is 44.2. The van der Waals surface area contributed by atoms with Crippen molar-refractivity contribution in [3.8, 4) is 33.6 Å². The molecule has 0 atom stereocenters. The second kappa shape index (κ2) is 15.1. The number of para-hydroxylation sites is 1. The quantitative estimate of drug-likeness (QED) is 0.166. The zero-order valence-corrected chi connectivity index (χ0v) is 30.6. The van der Waals surface area contributed by atoms with Gasteiger partial charge in [-0.3, -0.25) is 0 Å². The molecule has 1 saturated carbocycles. The molecule has 3 nitrogen and oxygen atoms in total. The maximum atomic E-state index is 9.25. The minimum absolute atomic E-state index is 0. The monoisotopic (exact) mass is 863 g/mol. The van der Waals surface area contributed by atoms with Gasteiger partial charge in [-0.25, -0.2) is 0 Å². The van der Waals surface area contributed by atoms with Crippen LogP contribution in [0, 0.1) is 51.8 Å². The number of aromatic nitrogens is 2. The van der Waals surface area contributed by atoms with Crippen molar-refractivity contribution in [3.63, 3.8) is 0 Å². The minimum Gasteiger partial charge on any atom is -0.500 e. The summed E-state index contributed by atoms with van der Waals surface area (Å²) in [5.74, 6) is -0.941. The van der Waals surface area contributed by atoms with Crippen LogP contribution in [0.2, 0.25) is 0 Å². The fourth-order valence-corrected chi connectivity index (χ4v) is 6.42. The predicted octanol–water partition coefficient (Wildman–Crippen LogP) is 12.9. The van der Waals surface area contributed by atoms with Gasteiger partial charge in [-0.2, -0.15) is 0 Å². The van der Waals surface area contributed by atoms with Crippen LogP contribution in [0.25, 0.3) is 55.6 Å². The summed E-state index contributed by atoms with van der Waals surface area (Å²) in [5, 5.41) is 1.25. The van der Waals surface area contributed by atoms with E-state index in [1.807, 2.05) is 0 Å². The average molecular weight is 863 g/mol. The van der Waals surface area contributed by atoms with Crippen LogP contribution in [0.4, 0.5) is 0 Å². The Balaban J connectivity index is 0.000000296. The Labute approximate surface area is 339 Å². The molecule has 1 radical (unpaired) electrons. The number of furan rings is 1. The number of hydrogen-bond donors (Lipinski definition) is 0. The van der Waals surface area contributed by atoms with Crippen LogP contribution in [0.1, 0.15) is 101 Å². The first-order valence-corrected chi connectivity index (χ1v) is 16.5. The van der Waals surface area contributed by atoms with E-state index in [2.05, 4.69) is 35.9 Å². The van der Waals surface area contributed by atoms with Crippen molar-refractivity contribution in [3.05, 3.63) is 143 Å². The first-order chi connectivity index (χ1) is 30.5. The topological polar surface area (TPSA) is 38.9 Å². The molecule has 261 valence electrons. The van der Waals surface area contributed by atoms with Crippen LogP contribution in [0.3, 0.4) is 0 Å². The number of hydrogen-bond acceptors (Lipinski definition) is 3. The molecule has 0 aliphatic heterocycles. The molecule has 0 spiro atoms. The number of aryl methyl sites for hydroxylation is 5. The number of fused-ring (bicyclic) bond motifs is 3. The summed E-state index contributed by atoms with van der Waals surface area (Å²) >= 11 is 0. The Hall–Kier alpha value is -4.37. The van der Waals surface area contributed by atoms with Gasteiger partial charge in [-0.1, -0.05) is 86.2 Å². The minimum atomic E-state index is -2.61. The summed E-state index contributed by atoms with van der Waals surface area (Å²) in [6, 6.07) is 28.4. The number of rotatable bonds is 4. The molecular weight excluding hydrogens is 801 g/mol. The molecule has 0 N–H and O–H groups in total. The van der Waals surface area contributed by atoms with Crippen LogP contribution >= 0.6 is 0 Å². The normalized spacial score (nSPS) is 20.7. The second-order valence-corrected chi connectivity index (χ2v) is 13.4. The summed E-state index contributed by atoms with van der Waals surface area (Å²) in [7, 11) is 0. The van der Waals surface area contributed by atoms with Crippen molar-refractivity contribution < 1.29 is 46.5 Å². The van der Waals surface area contributed by atoms with Crippen LogP contribution in [-0.4, -0.2) is 9.97 Å². The molecule has 3 aromatic heterocycles. The molecule has 0 amide bonds. The Morgan fingerprint density at radius 1 is 0.725 bits per heavy atom. The summed E-state index contributed by atoms with van der Waals surface area (Å²) in [6.07, 6.45) is 5.41. The van der Waals surface area contributed by atoms with Crippen LogP contribution < -0.4 is 0 Å². The van der Waals surface area contributed by atoms with E-state index in [-0.39, 0.29) is 75.7 Å². The summed E-state index contributed by atoms with van der Waals surface area (Å²) in [6.45, 7) is -7.60. The molecule has 1 fully saturated rings. The Morgan fingerprint density at radius 3 is 2.24 bits per heavy atom. The van der Waals surface area contributed by atoms with E-state index in [4.69, 9.17) is 25.0 Å². The fourth-order valence-electron chi connectivity index (χ4n) is 6.42. The van der Waals surface area contributed by atoms with Crippen molar-refractivity contribution >= 4 is 21.9 Å².